The zero-order valence-corrected chi connectivity index (χ0v) is 13.0. The van der Waals surface area contributed by atoms with Gasteiger partial charge in [0.1, 0.15) is 17.4 Å². The van der Waals surface area contributed by atoms with Crippen LogP contribution in [0.1, 0.15) is 19.4 Å². The molecule has 114 valence electrons. The summed E-state index contributed by atoms with van der Waals surface area (Å²) in [5.74, 6) is 0.741. The van der Waals surface area contributed by atoms with Crippen molar-refractivity contribution in [2.24, 2.45) is 5.73 Å². The Morgan fingerprint density at radius 2 is 1.86 bits per heavy atom. The lowest BCUT2D eigenvalue weighted by atomic mass is 10.0. The van der Waals surface area contributed by atoms with Crippen molar-refractivity contribution in [3.63, 3.8) is 0 Å². The summed E-state index contributed by atoms with van der Waals surface area (Å²) in [6.45, 7) is 4.01. The number of methoxy groups -OCH3 is 1. The van der Waals surface area contributed by atoms with Crippen LogP contribution in [0, 0.1) is 11.3 Å². The molecule has 1 aromatic carbocycles. The first-order valence-electron chi connectivity index (χ1n) is 6.93. The molecule has 1 aromatic heterocycles. The number of benzene rings is 1. The third-order valence-electron chi connectivity index (χ3n) is 3.25. The van der Waals surface area contributed by atoms with Gasteiger partial charge in [-0.25, -0.2) is 0 Å². The van der Waals surface area contributed by atoms with E-state index in [4.69, 9.17) is 15.7 Å². The van der Waals surface area contributed by atoms with Crippen molar-refractivity contribution >= 4 is 0 Å². The van der Waals surface area contributed by atoms with Gasteiger partial charge >= 0.3 is 0 Å². The fraction of sp³-hybridized carbons (Fsp3) is 0.294. The molecular weight excluding hydrogens is 278 g/mol. The second-order valence-corrected chi connectivity index (χ2v) is 5.85. The third-order valence-corrected chi connectivity index (χ3v) is 3.25. The molecule has 2 N–H and O–H groups in total. The Bertz CT molecular complexity index is 762. The van der Waals surface area contributed by atoms with Crippen LogP contribution in [-0.2, 0) is 6.54 Å². The first kappa shape index (κ1) is 15.8. The van der Waals surface area contributed by atoms with Crippen molar-refractivity contribution in [2.45, 2.75) is 25.9 Å². The number of hydrogen-bond acceptors (Lipinski definition) is 4. The third kappa shape index (κ3) is 3.35. The number of pyridine rings is 1. The minimum Gasteiger partial charge on any atom is -0.497 e. The van der Waals surface area contributed by atoms with Gasteiger partial charge in [0.15, 0.2) is 0 Å². The molecule has 0 aliphatic carbocycles. The first-order chi connectivity index (χ1) is 10.4. The largest absolute Gasteiger partial charge is 0.497 e. The molecule has 1 heterocycles. The molecule has 0 aliphatic heterocycles. The highest BCUT2D eigenvalue weighted by molar-refractivity contribution is 5.61. The molecule has 5 nitrogen and oxygen atoms in total. The lowest BCUT2D eigenvalue weighted by molar-refractivity contribution is 0.414. The summed E-state index contributed by atoms with van der Waals surface area (Å²) in [5.41, 5.74) is 6.87. The van der Waals surface area contributed by atoms with Crippen molar-refractivity contribution in [3.8, 4) is 23.1 Å². The van der Waals surface area contributed by atoms with Crippen LogP contribution in [0.25, 0.3) is 11.3 Å². The van der Waals surface area contributed by atoms with Gasteiger partial charge in [-0.3, -0.25) is 4.79 Å². The molecule has 22 heavy (non-hydrogen) atoms. The van der Waals surface area contributed by atoms with Crippen molar-refractivity contribution in [3.05, 3.63) is 52.3 Å². The van der Waals surface area contributed by atoms with E-state index >= 15 is 0 Å². The van der Waals surface area contributed by atoms with E-state index in [-0.39, 0.29) is 11.1 Å². The highest BCUT2D eigenvalue weighted by atomic mass is 16.5. The molecule has 0 unspecified atom stereocenters. The maximum absolute atomic E-state index is 12.5. The molecule has 2 rings (SSSR count). The summed E-state index contributed by atoms with van der Waals surface area (Å²) in [5, 5.41) is 9.06. The molecule has 0 amide bonds. The van der Waals surface area contributed by atoms with E-state index < -0.39 is 5.54 Å². The van der Waals surface area contributed by atoms with Gasteiger partial charge < -0.3 is 15.0 Å². The number of nitrogens with zero attached hydrogens (tertiary/aromatic N) is 2. The van der Waals surface area contributed by atoms with E-state index in [1.165, 1.54) is 0 Å². The number of nitriles is 1. The smallest absolute Gasteiger partial charge is 0.269 e. The van der Waals surface area contributed by atoms with Crippen LogP contribution in [0.4, 0.5) is 0 Å². The van der Waals surface area contributed by atoms with E-state index in [1.54, 1.807) is 23.8 Å². The van der Waals surface area contributed by atoms with E-state index in [0.717, 1.165) is 17.0 Å². The van der Waals surface area contributed by atoms with Gasteiger partial charge in [0.25, 0.3) is 5.56 Å². The number of hydrogen-bond donors (Lipinski definition) is 1. The highest BCUT2D eigenvalue weighted by Gasteiger charge is 2.17. The molecule has 0 spiro atoms. The predicted octanol–water partition coefficient (Wildman–Crippen LogP) is 2.13. The quantitative estimate of drug-likeness (QED) is 0.937. The molecule has 2 aromatic rings. The lowest BCUT2D eigenvalue weighted by Gasteiger charge is -2.23. The van der Waals surface area contributed by atoms with Crippen molar-refractivity contribution < 1.29 is 4.74 Å². The minimum absolute atomic E-state index is 0.113. The number of ether oxygens (including phenoxy) is 1. The average Bonchev–Trinajstić information content (AvgIpc) is 2.48. The van der Waals surface area contributed by atoms with Gasteiger partial charge in [-0.1, -0.05) is 0 Å². The van der Waals surface area contributed by atoms with E-state index in [9.17, 15) is 4.79 Å². The molecule has 0 bridgehead atoms. The molecule has 0 saturated heterocycles. The average molecular weight is 297 g/mol. The summed E-state index contributed by atoms with van der Waals surface area (Å²) < 4.78 is 6.70. The predicted molar refractivity (Wildman–Crippen MR) is 85.7 cm³/mol. The molecule has 0 radical (unpaired) electrons. The van der Waals surface area contributed by atoms with Crippen LogP contribution in [0.5, 0.6) is 5.75 Å². The van der Waals surface area contributed by atoms with Gasteiger partial charge in [-0.2, -0.15) is 5.26 Å². The number of nitrogens with two attached hydrogens (primary N) is 1. The summed E-state index contributed by atoms with van der Waals surface area (Å²) >= 11 is 0. The SMILES string of the molecule is COc1ccc(-c2ccc(C#N)c(=O)n2CC(C)(C)N)cc1. The minimum atomic E-state index is -0.570. The van der Waals surface area contributed by atoms with Crippen molar-refractivity contribution in [1.29, 1.82) is 5.26 Å². The summed E-state index contributed by atoms with van der Waals surface area (Å²) in [7, 11) is 1.60. The zero-order valence-electron chi connectivity index (χ0n) is 13.0. The Hall–Kier alpha value is -2.58. The molecule has 5 heteroatoms. The zero-order chi connectivity index (χ0) is 16.3. The summed E-state index contributed by atoms with van der Waals surface area (Å²) in [6.07, 6.45) is 0. The van der Waals surface area contributed by atoms with Crippen LogP contribution >= 0.6 is 0 Å². The van der Waals surface area contributed by atoms with Crippen LogP contribution in [0.2, 0.25) is 0 Å². The van der Waals surface area contributed by atoms with Crippen LogP contribution in [0.3, 0.4) is 0 Å². The van der Waals surface area contributed by atoms with E-state index in [1.807, 2.05) is 44.2 Å². The molecular formula is C17H19N3O2. The van der Waals surface area contributed by atoms with Gasteiger partial charge in [0.05, 0.1) is 12.8 Å². The molecule has 0 saturated carbocycles. The Morgan fingerprint density at radius 1 is 1.23 bits per heavy atom. The number of rotatable bonds is 4. The Morgan fingerprint density at radius 3 is 2.36 bits per heavy atom. The molecule has 0 aliphatic rings. The summed E-state index contributed by atoms with van der Waals surface area (Å²) in [4.78, 5) is 12.5. The molecule has 0 fully saturated rings. The second-order valence-electron chi connectivity index (χ2n) is 5.85. The van der Waals surface area contributed by atoms with Crippen LogP contribution < -0.4 is 16.0 Å². The Balaban J connectivity index is 2.61. The number of aromatic nitrogens is 1. The Labute approximate surface area is 129 Å². The Kier molecular flexibility index (Phi) is 4.34. The monoisotopic (exact) mass is 297 g/mol. The standard InChI is InChI=1S/C17H19N3O2/c1-17(2,19)11-20-15(9-6-13(10-18)16(20)21)12-4-7-14(22-3)8-5-12/h4-9H,11,19H2,1-3H3. The van der Waals surface area contributed by atoms with Gasteiger partial charge in [0.2, 0.25) is 0 Å². The van der Waals surface area contributed by atoms with E-state index in [2.05, 4.69) is 0 Å². The topological polar surface area (TPSA) is 81.0 Å². The van der Waals surface area contributed by atoms with Crippen LogP contribution in [0.15, 0.2) is 41.2 Å². The highest BCUT2D eigenvalue weighted by Crippen LogP contribution is 2.22. The maximum Gasteiger partial charge on any atom is 0.269 e. The van der Waals surface area contributed by atoms with Gasteiger partial charge in [0, 0.05) is 12.1 Å². The van der Waals surface area contributed by atoms with Gasteiger partial charge in [-0.05, 0) is 55.8 Å². The first-order valence-corrected chi connectivity index (χ1v) is 6.93. The maximum atomic E-state index is 12.5. The molecule has 0 atom stereocenters. The lowest BCUT2D eigenvalue weighted by Crippen LogP contribution is -2.41. The van der Waals surface area contributed by atoms with Crippen LogP contribution in [-0.4, -0.2) is 17.2 Å². The van der Waals surface area contributed by atoms with E-state index in [0.29, 0.717) is 6.54 Å². The fourth-order valence-electron chi connectivity index (χ4n) is 2.24. The van der Waals surface area contributed by atoms with Crippen molar-refractivity contribution in [1.82, 2.24) is 4.57 Å². The second kappa shape index (κ2) is 6.04. The van der Waals surface area contributed by atoms with Crippen molar-refractivity contribution in [2.75, 3.05) is 7.11 Å². The van der Waals surface area contributed by atoms with Gasteiger partial charge in [-0.15, -0.1) is 0 Å². The summed E-state index contributed by atoms with van der Waals surface area (Å²) in [6, 6.07) is 12.6. The normalized spacial score (nSPS) is 11.0. The fourth-order valence-corrected chi connectivity index (χ4v) is 2.24.